The SMILES string of the molecule is CCC1C[C@H](C(=O)NC(C)C2CCC2)[C@H](C(=O)O)C1. The van der Waals surface area contributed by atoms with Crippen molar-refractivity contribution in [2.45, 2.75) is 58.4 Å². The van der Waals surface area contributed by atoms with Crippen LogP contribution in [-0.4, -0.2) is 23.0 Å². The Morgan fingerprint density at radius 2 is 1.89 bits per heavy atom. The van der Waals surface area contributed by atoms with Gasteiger partial charge in [-0.1, -0.05) is 19.8 Å². The molecule has 1 amide bonds. The lowest BCUT2D eigenvalue weighted by Gasteiger charge is -2.32. The summed E-state index contributed by atoms with van der Waals surface area (Å²) in [6.45, 7) is 4.12. The van der Waals surface area contributed by atoms with Crippen molar-refractivity contribution in [3.05, 3.63) is 0 Å². The zero-order chi connectivity index (χ0) is 14.0. The number of carboxylic acid groups (broad SMARTS) is 1. The van der Waals surface area contributed by atoms with Crippen molar-refractivity contribution in [3.8, 4) is 0 Å². The molecule has 2 aliphatic rings. The quantitative estimate of drug-likeness (QED) is 0.804. The first-order valence-electron chi connectivity index (χ1n) is 7.56. The van der Waals surface area contributed by atoms with Gasteiger partial charge in [-0.2, -0.15) is 0 Å². The van der Waals surface area contributed by atoms with Crippen molar-refractivity contribution in [1.29, 1.82) is 0 Å². The number of rotatable bonds is 5. The Balaban J connectivity index is 1.94. The van der Waals surface area contributed by atoms with Gasteiger partial charge in [0.05, 0.1) is 11.8 Å². The number of carbonyl (C=O) groups excluding carboxylic acids is 1. The van der Waals surface area contributed by atoms with Crippen LogP contribution in [0.3, 0.4) is 0 Å². The van der Waals surface area contributed by atoms with Gasteiger partial charge >= 0.3 is 5.97 Å². The second-order valence-electron chi connectivity index (χ2n) is 6.29. The fourth-order valence-corrected chi connectivity index (χ4v) is 3.43. The van der Waals surface area contributed by atoms with Gasteiger partial charge in [-0.15, -0.1) is 0 Å². The van der Waals surface area contributed by atoms with Gasteiger partial charge in [0.2, 0.25) is 5.91 Å². The first-order valence-corrected chi connectivity index (χ1v) is 7.56. The smallest absolute Gasteiger partial charge is 0.307 e. The highest BCUT2D eigenvalue weighted by molar-refractivity contribution is 5.85. The van der Waals surface area contributed by atoms with Gasteiger partial charge in [0, 0.05) is 6.04 Å². The van der Waals surface area contributed by atoms with Gasteiger partial charge in [0.15, 0.2) is 0 Å². The Bertz CT molecular complexity index is 351. The van der Waals surface area contributed by atoms with Gasteiger partial charge in [0.1, 0.15) is 0 Å². The van der Waals surface area contributed by atoms with Gasteiger partial charge in [0.25, 0.3) is 0 Å². The van der Waals surface area contributed by atoms with E-state index < -0.39 is 11.9 Å². The molecule has 2 aliphatic carbocycles. The molecule has 4 heteroatoms. The van der Waals surface area contributed by atoms with Crippen LogP contribution in [0, 0.1) is 23.7 Å². The topological polar surface area (TPSA) is 66.4 Å². The van der Waals surface area contributed by atoms with E-state index in [2.05, 4.69) is 12.2 Å². The summed E-state index contributed by atoms with van der Waals surface area (Å²) in [4.78, 5) is 23.6. The zero-order valence-corrected chi connectivity index (χ0v) is 11.9. The highest BCUT2D eigenvalue weighted by Gasteiger charge is 2.42. The summed E-state index contributed by atoms with van der Waals surface area (Å²) >= 11 is 0. The molecule has 0 radical (unpaired) electrons. The van der Waals surface area contributed by atoms with Crippen LogP contribution in [0.1, 0.15) is 52.4 Å². The molecule has 108 valence electrons. The number of hydrogen-bond acceptors (Lipinski definition) is 2. The molecule has 4 atom stereocenters. The van der Waals surface area contributed by atoms with E-state index in [1.54, 1.807) is 0 Å². The molecular formula is C15H25NO3. The number of aliphatic carboxylic acids is 1. The number of hydrogen-bond donors (Lipinski definition) is 2. The molecule has 0 aromatic rings. The first-order chi connectivity index (χ1) is 9.02. The number of amides is 1. The molecule has 4 nitrogen and oxygen atoms in total. The largest absolute Gasteiger partial charge is 0.481 e. The monoisotopic (exact) mass is 267 g/mol. The normalized spacial score (nSPS) is 32.6. The third kappa shape index (κ3) is 3.10. The maximum absolute atomic E-state index is 12.3. The minimum Gasteiger partial charge on any atom is -0.481 e. The Morgan fingerprint density at radius 1 is 1.26 bits per heavy atom. The summed E-state index contributed by atoms with van der Waals surface area (Å²) in [6.07, 6.45) is 5.98. The van der Waals surface area contributed by atoms with Crippen LogP contribution < -0.4 is 5.32 Å². The lowest BCUT2D eigenvalue weighted by atomic mass is 9.80. The van der Waals surface area contributed by atoms with Crippen molar-refractivity contribution < 1.29 is 14.7 Å². The fraction of sp³-hybridized carbons (Fsp3) is 0.867. The summed E-state index contributed by atoms with van der Waals surface area (Å²) in [5.74, 6) is -0.690. The van der Waals surface area contributed by atoms with Crippen molar-refractivity contribution in [1.82, 2.24) is 5.32 Å². The molecule has 2 N–H and O–H groups in total. The molecule has 0 bridgehead atoms. The van der Waals surface area contributed by atoms with E-state index in [4.69, 9.17) is 0 Å². The highest BCUT2D eigenvalue weighted by atomic mass is 16.4. The molecule has 2 saturated carbocycles. The maximum atomic E-state index is 12.3. The molecule has 0 aliphatic heterocycles. The molecule has 19 heavy (non-hydrogen) atoms. The Morgan fingerprint density at radius 3 is 2.37 bits per heavy atom. The van der Waals surface area contributed by atoms with E-state index in [1.807, 2.05) is 6.92 Å². The predicted octanol–water partition coefficient (Wildman–Crippen LogP) is 2.43. The molecular weight excluding hydrogens is 242 g/mol. The van der Waals surface area contributed by atoms with E-state index in [0.29, 0.717) is 18.3 Å². The molecule has 0 spiro atoms. The zero-order valence-electron chi connectivity index (χ0n) is 11.9. The molecule has 2 fully saturated rings. The summed E-state index contributed by atoms with van der Waals surface area (Å²) in [5.41, 5.74) is 0. The molecule has 2 unspecified atom stereocenters. The summed E-state index contributed by atoms with van der Waals surface area (Å²) in [6, 6.07) is 0.191. The van der Waals surface area contributed by atoms with Crippen molar-refractivity contribution >= 4 is 11.9 Å². The molecule has 0 saturated heterocycles. The van der Waals surface area contributed by atoms with E-state index >= 15 is 0 Å². The summed E-state index contributed by atoms with van der Waals surface area (Å²) in [7, 11) is 0. The van der Waals surface area contributed by atoms with Crippen LogP contribution in [0.4, 0.5) is 0 Å². The average molecular weight is 267 g/mol. The third-order valence-corrected chi connectivity index (χ3v) is 5.12. The minimum atomic E-state index is -0.813. The van der Waals surface area contributed by atoms with Crippen LogP contribution >= 0.6 is 0 Å². The second kappa shape index (κ2) is 5.93. The maximum Gasteiger partial charge on any atom is 0.307 e. The van der Waals surface area contributed by atoms with E-state index in [1.165, 1.54) is 19.3 Å². The standard InChI is InChI=1S/C15H25NO3/c1-3-10-7-12(13(8-10)15(18)19)14(17)16-9(2)11-5-4-6-11/h9-13H,3-8H2,1-2H3,(H,16,17)(H,18,19)/t9?,10?,12-,13+/m0/s1. The highest BCUT2D eigenvalue weighted by Crippen LogP contribution is 2.39. The fourth-order valence-electron chi connectivity index (χ4n) is 3.43. The second-order valence-corrected chi connectivity index (χ2v) is 6.29. The van der Waals surface area contributed by atoms with E-state index in [9.17, 15) is 14.7 Å². The van der Waals surface area contributed by atoms with Crippen LogP contribution in [0.5, 0.6) is 0 Å². The molecule has 0 aromatic carbocycles. The Kier molecular flexibility index (Phi) is 4.48. The lowest BCUT2D eigenvalue weighted by molar-refractivity contribution is -0.146. The van der Waals surface area contributed by atoms with E-state index in [0.717, 1.165) is 12.8 Å². The van der Waals surface area contributed by atoms with Gasteiger partial charge in [-0.3, -0.25) is 9.59 Å². The van der Waals surface area contributed by atoms with Crippen LogP contribution in [0.25, 0.3) is 0 Å². The van der Waals surface area contributed by atoms with Gasteiger partial charge < -0.3 is 10.4 Å². The van der Waals surface area contributed by atoms with Crippen molar-refractivity contribution in [3.63, 3.8) is 0 Å². The first kappa shape index (κ1) is 14.4. The van der Waals surface area contributed by atoms with Gasteiger partial charge in [-0.05, 0) is 44.4 Å². The third-order valence-electron chi connectivity index (χ3n) is 5.12. The molecule has 0 heterocycles. The van der Waals surface area contributed by atoms with E-state index in [-0.39, 0.29) is 17.9 Å². The predicted molar refractivity (Wildman–Crippen MR) is 72.6 cm³/mol. The lowest BCUT2D eigenvalue weighted by Crippen LogP contribution is -2.44. The summed E-state index contributed by atoms with van der Waals surface area (Å²) in [5, 5.41) is 12.3. The number of nitrogens with one attached hydrogen (secondary N) is 1. The number of carboxylic acids is 1. The average Bonchev–Trinajstić information content (AvgIpc) is 2.70. The Hall–Kier alpha value is -1.06. The molecule has 0 aromatic heterocycles. The van der Waals surface area contributed by atoms with Crippen molar-refractivity contribution in [2.75, 3.05) is 0 Å². The minimum absolute atomic E-state index is 0.0391. The van der Waals surface area contributed by atoms with Gasteiger partial charge in [-0.25, -0.2) is 0 Å². The summed E-state index contributed by atoms with van der Waals surface area (Å²) < 4.78 is 0. The van der Waals surface area contributed by atoms with Crippen LogP contribution in [-0.2, 0) is 9.59 Å². The van der Waals surface area contributed by atoms with Crippen LogP contribution in [0.15, 0.2) is 0 Å². The Labute approximate surface area is 115 Å². The number of carbonyl (C=O) groups is 2. The molecule has 2 rings (SSSR count). The van der Waals surface area contributed by atoms with Crippen LogP contribution in [0.2, 0.25) is 0 Å². The van der Waals surface area contributed by atoms with Crippen molar-refractivity contribution in [2.24, 2.45) is 23.7 Å².